The predicted octanol–water partition coefficient (Wildman–Crippen LogP) is 11.4. The Labute approximate surface area is 245 Å². The summed E-state index contributed by atoms with van der Waals surface area (Å²) in [6.45, 7) is 2.36. The van der Waals surface area contributed by atoms with Crippen molar-refractivity contribution >= 4 is 60.1 Å². The normalized spacial score (nSPS) is 14.8. The van der Waals surface area contributed by atoms with E-state index in [-0.39, 0.29) is 0 Å². The van der Waals surface area contributed by atoms with Gasteiger partial charge in [-0.3, -0.25) is 0 Å². The third kappa shape index (κ3) is 3.31. The lowest BCUT2D eigenvalue weighted by Gasteiger charge is -2.17. The molecule has 0 amide bonds. The van der Waals surface area contributed by atoms with Gasteiger partial charge in [-0.15, -0.1) is 0 Å². The molecule has 1 atom stereocenters. The summed E-state index contributed by atoms with van der Waals surface area (Å²) >= 11 is 0. The van der Waals surface area contributed by atoms with Crippen LogP contribution < -0.4 is 0 Å². The highest BCUT2D eigenvalue weighted by Crippen LogP contribution is 2.44. The standard InChI is InChI=1S/C41H29N/c1-26-10-8-19-38-40(26)37-23-21-29(25-39(37)42(38)30-22-20-27-11-2-3-12-28(27)24-30)31-17-9-18-36-34-14-5-4-13-32(34)33-15-6-7-16-35(33)41(31)36/h2-9,11-26H,10H2,1H3. The lowest BCUT2D eigenvalue weighted by Crippen LogP contribution is -2.03. The molecule has 1 heteroatoms. The van der Waals surface area contributed by atoms with Gasteiger partial charge in [0.2, 0.25) is 0 Å². The molecule has 0 fully saturated rings. The molecule has 0 N–H and O–H groups in total. The van der Waals surface area contributed by atoms with Gasteiger partial charge in [-0.2, -0.15) is 0 Å². The fourth-order valence-corrected chi connectivity index (χ4v) is 7.47. The second kappa shape index (κ2) is 8.93. The van der Waals surface area contributed by atoms with Crippen molar-refractivity contribution in [1.29, 1.82) is 0 Å². The second-order valence-corrected chi connectivity index (χ2v) is 11.8. The first-order valence-electron chi connectivity index (χ1n) is 14.9. The van der Waals surface area contributed by atoms with Crippen LogP contribution in [0.4, 0.5) is 0 Å². The number of hydrogen-bond donors (Lipinski definition) is 0. The monoisotopic (exact) mass is 535 g/mol. The zero-order valence-corrected chi connectivity index (χ0v) is 23.5. The Morgan fingerprint density at radius 2 is 1.24 bits per heavy atom. The van der Waals surface area contributed by atoms with Crippen LogP contribution in [-0.2, 0) is 0 Å². The van der Waals surface area contributed by atoms with Gasteiger partial charge in [0.25, 0.3) is 0 Å². The van der Waals surface area contributed by atoms with Crippen LogP contribution in [0.5, 0.6) is 0 Å². The highest BCUT2D eigenvalue weighted by Gasteiger charge is 2.24. The number of nitrogens with zero attached hydrogens (tertiary/aromatic N) is 1. The first kappa shape index (κ1) is 23.6. The van der Waals surface area contributed by atoms with Crippen LogP contribution in [0.15, 0.2) is 133 Å². The zero-order valence-electron chi connectivity index (χ0n) is 23.5. The molecule has 1 nitrogen and oxygen atoms in total. The predicted molar refractivity (Wildman–Crippen MR) is 181 cm³/mol. The molecule has 42 heavy (non-hydrogen) atoms. The van der Waals surface area contributed by atoms with Crippen molar-refractivity contribution in [2.45, 2.75) is 19.3 Å². The van der Waals surface area contributed by atoms with E-state index in [2.05, 4.69) is 151 Å². The molecule has 0 bridgehead atoms. The highest BCUT2D eigenvalue weighted by atomic mass is 15.0. The van der Waals surface area contributed by atoms with E-state index < -0.39 is 0 Å². The van der Waals surface area contributed by atoms with Crippen LogP contribution in [-0.4, -0.2) is 4.57 Å². The van der Waals surface area contributed by atoms with E-state index in [0.29, 0.717) is 5.92 Å². The topological polar surface area (TPSA) is 4.93 Å². The molecule has 0 saturated heterocycles. The first-order valence-corrected chi connectivity index (χ1v) is 14.9. The van der Waals surface area contributed by atoms with Gasteiger partial charge < -0.3 is 4.57 Å². The zero-order chi connectivity index (χ0) is 27.8. The number of fused-ring (bicyclic) bond motifs is 10. The molecule has 1 aliphatic carbocycles. The summed E-state index contributed by atoms with van der Waals surface area (Å²) in [7, 11) is 0. The van der Waals surface area contributed by atoms with Gasteiger partial charge in [0.05, 0.1) is 5.52 Å². The van der Waals surface area contributed by atoms with E-state index in [9.17, 15) is 0 Å². The van der Waals surface area contributed by atoms with Crippen LogP contribution in [0.1, 0.15) is 30.5 Å². The smallest absolute Gasteiger partial charge is 0.0543 e. The number of allylic oxidation sites excluding steroid dienone is 1. The molecule has 0 radical (unpaired) electrons. The van der Waals surface area contributed by atoms with E-state index in [1.807, 2.05) is 0 Å². The Kier molecular flexibility index (Phi) is 5.01. The van der Waals surface area contributed by atoms with Crippen molar-refractivity contribution in [2.75, 3.05) is 0 Å². The number of aromatic nitrogens is 1. The van der Waals surface area contributed by atoms with E-state index in [1.54, 1.807) is 0 Å². The van der Waals surface area contributed by atoms with E-state index in [0.717, 1.165) is 6.42 Å². The lowest BCUT2D eigenvalue weighted by molar-refractivity contribution is 0.773. The molecular formula is C41H29N. The van der Waals surface area contributed by atoms with Gasteiger partial charge in [0.15, 0.2) is 0 Å². The minimum absolute atomic E-state index is 0.480. The Balaban J connectivity index is 1.38. The Morgan fingerprint density at radius 3 is 2.02 bits per heavy atom. The third-order valence-corrected chi connectivity index (χ3v) is 9.37. The molecule has 0 aliphatic heterocycles. The Hall–Kier alpha value is -5.14. The van der Waals surface area contributed by atoms with E-state index in [1.165, 1.54) is 82.1 Å². The average molecular weight is 536 g/mol. The first-order chi connectivity index (χ1) is 20.8. The lowest BCUT2D eigenvalue weighted by atomic mass is 9.88. The molecule has 8 aromatic rings. The molecule has 9 rings (SSSR count). The summed E-state index contributed by atoms with van der Waals surface area (Å²) in [5, 5.41) is 11.8. The van der Waals surface area contributed by atoms with E-state index >= 15 is 0 Å². The van der Waals surface area contributed by atoms with Crippen LogP contribution in [0.25, 0.3) is 76.9 Å². The van der Waals surface area contributed by atoms with Gasteiger partial charge >= 0.3 is 0 Å². The second-order valence-electron chi connectivity index (χ2n) is 11.8. The van der Waals surface area contributed by atoms with Gasteiger partial charge in [0, 0.05) is 16.8 Å². The summed E-state index contributed by atoms with van der Waals surface area (Å²) in [5.41, 5.74) is 7.79. The summed E-state index contributed by atoms with van der Waals surface area (Å²) in [6, 6.07) is 47.2. The summed E-state index contributed by atoms with van der Waals surface area (Å²) in [5.74, 6) is 0.480. The minimum Gasteiger partial charge on any atom is -0.310 e. The van der Waals surface area contributed by atoms with Crippen LogP contribution in [0.2, 0.25) is 0 Å². The van der Waals surface area contributed by atoms with Crippen LogP contribution in [0.3, 0.4) is 0 Å². The van der Waals surface area contributed by atoms with Gasteiger partial charge in [0.1, 0.15) is 0 Å². The number of benzene rings is 7. The van der Waals surface area contributed by atoms with Crippen LogP contribution in [0, 0.1) is 0 Å². The SMILES string of the molecule is CC1CC=Cc2c1c1ccc(-c3cccc4c5ccccc5c5ccccc5c34)cc1n2-c1ccc2ccccc2c1. The molecule has 1 aromatic heterocycles. The summed E-state index contributed by atoms with van der Waals surface area (Å²) in [6.07, 6.45) is 5.75. The number of hydrogen-bond acceptors (Lipinski definition) is 0. The van der Waals surface area contributed by atoms with Crippen molar-refractivity contribution in [3.63, 3.8) is 0 Å². The molecule has 198 valence electrons. The number of rotatable bonds is 2. The largest absolute Gasteiger partial charge is 0.310 e. The Morgan fingerprint density at radius 1 is 0.571 bits per heavy atom. The molecule has 1 unspecified atom stereocenters. The summed E-state index contributed by atoms with van der Waals surface area (Å²) < 4.78 is 2.49. The molecule has 0 spiro atoms. The quantitative estimate of drug-likeness (QED) is 0.194. The van der Waals surface area contributed by atoms with Crippen molar-refractivity contribution in [3.8, 4) is 16.8 Å². The maximum Gasteiger partial charge on any atom is 0.0543 e. The van der Waals surface area contributed by atoms with Gasteiger partial charge in [-0.25, -0.2) is 0 Å². The maximum absolute atomic E-state index is 2.49. The molecule has 1 aliphatic rings. The molecular weight excluding hydrogens is 506 g/mol. The minimum atomic E-state index is 0.480. The fraction of sp³-hybridized carbons (Fsp3) is 0.0732. The Bertz CT molecular complexity index is 2360. The third-order valence-electron chi connectivity index (χ3n) is 9.37. The molecule has 0 saturated carbocycles. The van der Waals surface area contributed by atoms with E-state index in [4.69, 9.17) is 0 Å². The van der Waals surface area contributed by atoms with Crippen molar-refractivity contribution in [1.82, 2.24) is 4.57 Å². The van der Waals surface area contributed by atoms with Crippen molar-refractivity contribution < 1.29 is 0 Å². The molecule has 7 aromatic carbocycles. The van der Waals surface area contributed by atoms with Gasteiger partial charge in [-0.1, -0.05) is 122 Å². The highest BCUT2D eigenvalue weighted by molar-refractivity contribution is 6.28. The summed E-state index contributed by atoms with van der Waals surface area (Å²) in [4.78, 5) is 0. The average Bonchev–Trinajstić information content (AvgIpc) is 3.39. The van der Waals surface area contributed by atoms with Crippen molar-refractivity contribution in [3.05, 3.63) is 145 Å². The van der Waals surface area contributed by atoms with Crippen molar-refractivity contribution in [2.24, 2.45) is 0 Å². The fourth-order valence-electron chi connectivity index (χ4n) is 7.47. The molecule has 1 heterocycles. The van der Waals surface area contributed by atoms with Crippen LogP contribution >= 0.6 is 0 Å². The maximum atomic E-state index is 2.49. The van der Waals surface area contributed by atoms with Gasteiger partial charge in [-0.05, 0) is 96.4 Å².